The monoisotopic (exact) mass is 239 g/mol. The van der Waals surface area contributed by atoms with E-state index in [1.165, 1.54) is 5.56 Å². The fourth-order valence-electron chi connectivity index (χ4n) is 1.06. The fourth-order valence-corrected chi connectivity index (χ4v) is 1.06. The Bertz CT molecular complexity index is 288. The van der Waals surface area contributed by atoms with Gasteiger partial charge in [0.1, 0.15) is 5.75 Å². The van der Waals surface area contributed by atoms with E-state index in [4.69, 9.17) is 10.2 Å². The number of nitrogens with one attached hydrogen (secondary N) is 1. The summed E-state index contributed by atoms with van der Waals surface area (Å²) < 4.78 is 0. The average Bonchev–Trinajstić information content (AvgIpc) is 2.32. The van der Waals surface area contributed by atoms with Crippen LogP contribution in [0.15, 0.2) is 24.3 Å². The van der Waals surface area contributed by atoms with Gasteiger partial charge < -0.3 is 15.5 Å². The van der Waals surface area contributed by atoms with Gasteiger partial charge in [0.05, 0.1) is 6.61 Å². The van der Waals surface area contributed by atoms with Crippen LogP contribution in [0.3, 0.4) is 0 Å². The predicted octanol–water partition coefficient (Wildman–Crippen LogP) is 1.60. The minimum absolute atomic E-state index is 0.0200. The molecule has 0 aromatic heterocycles. The maximum Gasteiger partial charge on any atom is 0.220 e. The van der Waals surface area contributed by atoms with Crippen molar-refractivity contribution in [1.29, 1.82) is 0 Å². The van der Waals surface area contributed by atoms with Crippen LogP contribution in [-0.2, 0) is 4.79 Å². The highest BCUT2D eigenvalue weighted by atomic mass is 16.3. The Kier molecular flexibility index (Phi) is 8.78. The molecule has 1 amide bonds. The lowest BCUT2D eigenvalue weighted by Crippen LogP contribution is -2.25. The minimum Gasteiger partial charge on any atom is -0.508 e. The van der Waals surface area contributed by atoms with Crippen molar-refractivity contribution in [2.45, 2.75) is 26.7 Å². The van der Waals surface area contributed by atoms with Gasteiger partial charge in [0.2, 0.25) is 5.91 Å². The molecule has 0 aliphatic heterocycles. The van der Waals surface area contributed by atoms with E-state index in [2.05, 4.69) is 5.32 Å². The van der Waals surface area contributed by atoms with E-state index in [0.717, 1.165) is 6.42 Å². The SMILES string of the molecule is CCCC(=O)NCCO.Cc1ccc(O)cc1. The zero-order valence-corrected chi connectivity index (χ0v) is 10.4. The van der Waals surface area contributed by atoms with Crippen LogP contribution in [0.4, 0.5) is 0 Å². The van der Waals surface area contributed by atoms with Gasteiger partial charge in [-0.05, 0) is 25.5 Å². The van der Waals surface area contributed by atoms with Crippen LogP contribution >= 0.6 is 0 Å². The fraction of sp³-hybridized carbons (Fsp3) is 0.462. The molecule has 96 valence electrons. The average molecular weight is 239 g/mol. The molecule has 1 aromatic rings. The molecular weight excluding hydrogens is 218 g/mol. The van der Waals surface area contributed by atoms with Gasteiger partial charge >= 0.3 is 0 Å². The van der Waals surface area contributed by atoms with Gasteiger partial charge in [0, 0.05) is 13.0 Å². The molecule has 0 bridgehead atoms. The van der Waals surface area contributed by atoms with Crippen molar-refractivity contribution >= 4 is 5.91 Å². The number of amides is 1. The van der Waals surface area contributed by atoms with Crippen molar-refractivity contribution in [2.24, 2.45) is 0 Å². The van der Waals surface area contributed by atoms with Gasteiger partial charge in [-0.3, -0.25) is 4.79 Å². The lowest BCUT2D eigenvalue weighted by Gasteiger charge is -1.98. The molecule has 0 heterocycles. The first-order chi connectivity index (χ1) is 8.10. The van der Waals surface area contributed by atoms with Crippen molar-refractivity contribution in [2.75, 3.05) is 13.2 Å². The molecule has 0 aliphatic rings. The van der Waals surface area contributed by atoms with Crippen molar-refractivity contribution in [3.8, 4) is 5.75 Å². The highest BCUT2D eigenvalue weighted by Crippen LogP contribution is 2.07. The number of phenols is 1. The minimum atomic E-state index is 0.0200. The third-order valence-corrected chi connectivity index (χ3v) is 1.95. The van der Waals surface area contributed by atoms with E-state index < -0.39 is 0 Å². The largest absolute Gasteiger partial charge is 0.508 e. The molecule has 17 heavy (non-hydrogen) atoms. The van der Waals surface area contributed by atoms with Crippen molar-refractivity contribution in [3.63, 3.8) is 0 Å². The number of rotatable bonds is 4. The molecule has 0 atom stereocenters. The van der Waals surface area contributed by atoms with Crippen LogP contribution in [0.25, 0.3) is 0 Å². The van der Waals surface area contributed by atoms with Crippen LogP contribution in [0.2, 0.25) is 0 Å². The third kappa shape index (κ3) is 9.38. The number of benzene rings is 1. The number of hydrogen-bond acceptors (Lipinski definition) is 3. The van der Waals surface area contributed by atoms with E-state index in [1.54, 1.807) is 12.1 Å². The first-order valence-corrected chi connectivity index (χ1v) is 5.73. The van der Waals surface area contributed by atoms with E-state index in [1.807, 2.05) is 26.0 Å². The summed E-state index contributed by atoms with van der Waals surface area (Å²) in [7, 11) is 0. The van der Waals surface area contributed by atoms with Crippen LogP contribution in [-0.4, -0.2) is 29.3 Å². The zero-order chi connectivity index (χ0) is 13.1. The predicted molar refractivity (Wildman–Crippen MR) is 67.8 cm³/mol. The third-order valence-electron chi connectivity index (χ3n) is 1.95. The second kappa shape index (κ2) is 9.66. The van der Waals surface area contributed by atoms with E-state index in [-0.39, 0.29) is 12.5 Å². The molecule has 0 saturated carbocycles. The topological polar surface area (TPSA) is 69.6 Å². The summed E-state index contributed by atoms with van der Waals surface area (Å²) >= 11 is 0. The molecular formula is C13H21NO3. The normalized spacial score (nSPS) is 9.12. The molecule has 1 aromatic carbocycles. The second-order valence-electron chi connectivity index (χ2n) is 3.66. The molecule has 1 rings (SSSR count). The maximum absolute atomic E-state index is 10.6. The molecule has 4 nitrogen and oxygen atoms in total. The number of carbonyl (C=O) groups excluding carboxylic acids is 1. The summed E-state index contributed by atoms with van der Waals surface area (Å²) in [5.74, 6) is 0.349. The first kappa shape index (κ1) is 15.4. The summed E-state index contributed by atoms with van der Waals surface area (Å²) in [5.41, 5.74) is 1.17. The molecule has 0 saturated heterocycles. The van der Waals surface area contributed by atoms with Crippen LogP contribution < -0.4 is 5.32 Å². The number of hydrogen-bond donors (Lipinski definition) is 3. The van der Waals surface area contributed by atoms with E-state index >= 15 is 0 Å². The smallest absolute Gasteiger partial charge is 0.220 e. The number of carbonyl (C=O) groups is 1. The Morgan fingerprint density at radius 2 is 1.88 bits per heavy atom. The molecule has 0 aliphatic carbocycles. The summed E-state index contributed by atoms with van der Waals surface area (Å²) in [6.07, 6.45) is 1.41. The number of aryl methyl sites for hydroxylation is 1. The van der Waals surface area contributed by atoms with Crippen molar-refractivity contribution in [1.82, 2.24) is 5.32 Å². The second-order valence-corrected chi connectivity index (χ2v) is 3.66. The molecule has 0 radical (unpaired) electrons. The molecule has 3 N–H and O–H groups in total. The number of aliphatic hydroxyl groups excluding tert-OH is 1. The van der Waals surface area contributed by atoms with E-state index in [9.17, 15) is 4.79 Å². The highest BCUT2D eigenvalue weighted by molar-refractivity contribution is 5.75. The molecule has 4 heteroatoms. The Labute approximate surface area is 102 Å². The highest BCUT2D eigenvalue weighted by Gasteiger charge is 1.94. The summed E-state index contributed by atoms with van der Waals surface area (Å²) in [4.78, 5) is 10.6. The first-order valence-electron chi connectivity index (χ1n) is 5.73. The molecule has 0 unspecified atom stereocenters. The van der Waals surface area contributed by atoms with Crippen LogP contribution in [0.1, 0.15) is 25.3 Å². The van der Waals surface area contributed by atoms with E-state index in [0.29, 0.717) is 18.7 Å². The molecule has 0 spiro atoms. The van der Waals surface area contributed by atoms with Crippen LogP contribution in [0.5, 0.6) is 5.75 Å². The van der Waals surface area contributed by atoms with Crippen molar-refractivity contribution in [3.05, 3.63) is 29.8 Å². The lowest BCUT2D eigenvalue weighted by atomic mass is 10.2. The standard InChI is InChI=1S/C7H8O.C6H13NO2/c1-6-2-4-7(8)5-3-6;1-2-3-6(9)7-4-5-8/h2-5,8H,1H3;8H,2-5H2,1H3,(H,7,9). The Balaban J connectivity index is 0.000000302. The summed E-state index contributed by atoms with van der Waals surface area (Å²) in [6, 6.07) is 7.09. The van der Waals surface area contributed by atoms with Crippen molar-refractivity contribution < 1.29 is 15.0 Å². The zero-order valence-electron chi connectivity index (χ0n) is 10.4. The van der Waals surface area contributed by atoms with Gasteiger partial charge in [0.15, 0.2) is 0 Å². The summed E-state index contributed by atoms with van der Waals surface area (Å²) in [5, 5.41) is 19.6. The van der Waals surface area contributed by atoms with Gasteiger partial charge in [-0.1, -0.05) is 24.6 Å². The van der Waals surface area contributed by atoms with Gasteiger partial charge in [0.25, 0.3) is 0 Å². The quantitative estimate of drug-likeness (QED) is 0.747. The van der Waals surface area contributed by atoms with Gasteiger partial charge in [-0.2, -0.15) is 0 Å². The van der Waals surface area contributed by atoms with Gasteiger partial charge in [-0.15, -0.1) is 0 Å². The molecule has 0 fully saturated rings. The summed E-state index contributed by atoms with van der Waals surface area (Å²) in [6.45, 7) is 4.33. The van der Waals surface area contributed by atoms with Crippen LogP contribution in [0, 0.1) is 6.92 Å². The number of aliphatic hydroxyl groups is 1. The van der Waals surface area contributed by atoms with Gasteiger partial charge in [-0.25, -0.2) is 0 Å². The lowest BCUT2D eigenvalue weighted by molar-refractivity contribution is -0.121. The Morgan fingerprint density at radius 1 is 1.29 bits per heavy atom. The number of phenolic OH excluding ortho intramolecular Hbond substituents is 1. The Hall–Kier alpha value is -1.55. The number of aromatic hydroxyl groups is 1. The maximum atomic E-state index is 10.6. The Morgan fingerprint density at radius 3 is 2.29 bits per heavy atom.